The molecular weight excluding hydrogens is 548 g/mol. The second-order valence-electron chi connectivity index (χ2n) is 9.63. The zero-order valence-corrected chi connectivity index (χ0v) is 23.8. The van der Waals surface area contributed by atoms with Gasteiger partial charge in [-0.15, -0.1) is 0 Å². The van der Waals surface area contributed by atoms with Crippen molar-refractivity contribution in [2.24, 2.45) is 5.92 Å². The van der Waals surface area contributed by atoms with Gasteiger partial charge >= 0.3 is 0 Å². The minimum Gasteiger partial charge on any atom is -0.494 e. The van der Waals surface area contributed by atoms with Crippen molar-refractivity contribution in [1.82, 2.24) is 9.97 Å². The molecule has 0 aliphatic heterocycles. The minimum absolute atomic E-state index is 0.211. The maximum absolute atomic E-state index is 13.8. The molecule has 0 radical (unpaired) electrons. The number of hydrogen-bond donors (Lipinski definition) is 3. The van der Waals surface area contributed by atoms with Crippen LogP contribution in [0.4, 0.5) is 37.3 Å². The monoisotopic (exact) mass is 581 g/mol. The fourth-order valence-corrected chi connectivity index (χ4v) is 4.72. The Bertz CT molecular complexity index is 1420. The van der Waals surface area contributed by atoms with E-state index in [2.05, 4.69) is 25.9 Å². The Kier molecular flexibility index (Phi) is 11.0. The Morgan fingerprint density at radius 2 is 1.27 bits per heavy atom. The number of rotatable bonds is 9. The van der Waals surface area contributed by atoms with Gasteiger partial charge < -0.3 is 25.4 Å². The van der Waals surface area contributed by atoms with Crippen molar-refractivity contribution in [3.05, 3.63) is 89.8 Å². The van der Waals surface area contributed by atoms with Crippen LogP contribution >= 0.6 is 11.6 Å². The highest BCUT2D eigenvalue weighted by molar-refractivity contribution is 6.29. The summed E-state index contributed by atoms with van der Waals surface area (Å²) in [5, 5.41) is 10.0. The Morgan fingerprint density at radius 3 is 1.80 bits per heavy atom. The molecule has 1 saturated carbocycles. The van der Waals surface area contributed by atoms with E-state index in [4.69, 9.17) is 21.1 Å². The molecule has 4 aromatic rings. The van der Waals surface area contributed by atoms with E-state index in [1.165, 1.54) is 58.5 Å². The second kappa shape index (κ2) is 15.0. The van der Waals surface area contributed by atoms with E-state index in [-0.39, 0.29) is 17.3 Å². The third-order valence-electron chi connectivity index (χ3n) is 6.66. The first kappa shape index (κ1) is 29.9. The number of halogens is 3. The zero-order valence-electron chi connectivity index (χ0n) is 23.1. The summed E-state index contributed by atoms with van der Waals surface area (Å²) in [5.74, 6) is 1.24. The van der Waals surface area contributed by atoms with Crippen LogP contribution in [0.25, 0.3) is 0 Å². The SMILES string of the molecule is COc1ccc(Nc2ccnc(Cl)c2)cc1F.COc1ccc(Nc2ccnc(NCC3CCCCC3)c2)cc1F. The van der Waals surface area contributed by atoms with Crippen LogP contribution in [0.15, 0.2) is 73.1 Å². The molecule has 0 bridgehead atoms. The largest absolute Gasteiger partial charge is 0.494 e. The molecule has 10 heteroatoms. The number of benzene rings is 2. The van der Waals surface area contributed by atoms with Crippen molar-refractivity contribution in [2.75, 3.05) is 36.7 Å². The van der Waals surface area contributed by atoms with Crippen LogP contribution in [-0.4, -0.2) is 30.7 Å². The lowest BCUT2D eigenvalue weighted by Crippen LogP contribution is -2.17. The number of methoxy groups -OCH3 is 2. The first-order valence-corrected chi connectivity index (χ1v) is 13.8. The van der Waals surface area contributed by atoms with Crippen molar-refractivity contribution in [3.8, 4) is 11.5 Å². The molecule has 216 valence electrons. The molecule has 1 fully saturated rings. The molecule has 41 heavy (non-hydrogen) atoms. The van der Waals surface area contributed by atoms with E-state index >= 15 is 0 Å². The number of anilines is 5. The van der Waals surface area contributed by atoms with E-state index in [1.807, 2.05) is 12.1 Å². The first-order chi connectivity index (χ1) is 19.9. The summed E-state index contributed by atoms with van der Waals surface area (Å²) in [7, 11) is 2.88. The fourth-order valence-electron chi connectivity index (χ4n) is 4.55. The van der Waals surface area contributed by atoms with E-state index in [9.17, 15) is 8.78 Å². The van der Waals surface area contributed by atoms with Crippen molar-refractivity contribution < 1.29 is 18.3 Å². The smallest absolute Gasteiger partial charge is 0.167 e. The van der Waals surface area contributed by atoms with Gasteiger partial charge in [0.25, 0.3) is 0 Å². The van der Waals surface area contributed by atoms with Crippen LogP contribution in [-0.2, 0) is 0 Å². The van der Waals surface area contributed by atoms with Crippen molar-refractivity contribution in [2.45, 2.75) is 32.1 Å². The summed E-state index contributed by atoms with van der Waals surface area (Å²) >= 11 is 5.74. The predicted octanol–water partition coefficient (Wildman–Crippen LogP) is 8.59. The molecule has 0 atom stereocenters. The van der Waals surface area contributed by atoms with Gasteiger partial charge in [0.1, 0.15) is 11.0 Å². The van der Waals surface area contributed by atoms with Crippen molar-refractivity contribution >= 4 is 40.2 Å². The number of hydrogen-bond acceptors (Lipinski definition) is 7. The fraction of sp³-hybridized carbons (Fsp3) is 0.290. The Hall–Kier alpha value is -4.11. The topological polar surface area (TPSA) is 80.3 Å². The molecule has 3 N–H and O–H groups in total. The Labute approximate surface area is 244 Å². The Morgan fingerprint density at radius 1 is 0.732 bits per heavy atom. The first-order valence-electron chi connectivity index (χ1n) is 13.5. The molecule has 0 spiro atoms. The molecule has 1 aliphatic rings. The standard InChI is InChI=1S/C19H24FN3O.C12H10ClFN2O/c1-24-18-8-7-15(11-17(18)20)23-16-9-10-21-19(12-16)22-13-14-5-3-2-4-6-14;1-17-11-3-2-8(6-10(11)14)16-9-4-5-15-12(13)7-9/h7-12,14H,2-6,13H2,1H3,(H2,21,22,23);2-7H,1H3,(H,15,16). The highest BCUT2D eigenvalue weighted by Crippen LogP contribution is 2.27. The summed E-state index contributed by atoms with van der Waals surface area (Å²) in [5.41, 5.74) is 2.92. The van der Waals surface area contributed by atoms with Gasteiger partial charge in [-0.2, -0.15) is 0 Å². The lowest BCUT2D eigenvalue weighted by atomic mass is 9.89. The van der Waals surface area contributed by atoms with E-state index < -0.39 is 5.82 Å². The third-order valence-corrected chi connectivity index (χ3v) is 6.87. The van der Waals surface area contributed by atoms with Crippen LogP contribution in [0.3, 0.4) is 0 Å². The van der Waals surface area contributed by atoms with Gasteiger partial charge in [0.15, 0.2) is 23.1 Å². The molecule has 5 rings (SSSR count). The van der Waals surface area contributed by atoms with Gasteiger partial charge in [-0.1, -0.05) is 30.9 Å². The van der Waals surface area contributed by atoms with E-state index in [1.54, 1.807) is 48.8 Å². The average Bonchev–Trinajstić information content (AvgIpc) is 2.97. The Balaban J connectivity index is 0.000000201. The quantitative estimate of drug-likeness (QED) is 0.171. The van der Waals surface area contributed by atoms with Gasteiger partial charge in [-0.25, -0.2) is 18.7 Å². The molecule has 2 aromatic carbocycles. The molecule has 0 saturated heterocycles. The normalized spacial score (nSPS) is 13.0. The number of pyridine rings is 2. The molecule has 2 aromatic heterocycles. The van der Waals surface area contributed by atoms with Crippen LogP contribution in [0.1, 0.15) is 32.1 Å². The van der Waals surface area contributed by atoms with Gasteiger partial charge in [-0.05, 0) is 61.2 Å². The van der Waals surface area contributed by atoms with E-state index in [0.717, 1.165) is 29.7 Å². The number of ether oxygens (including phenoxy) is 2. The van der Waals surface area contributed by atoms with Crippen molar-refractivity contribution in [1.29, 1.82) is 0 Å². The molecule has 7 nitrogen and oxygen atoms in total. The summed E-state index contributed by atoms with van der Waals surface area (Å²) in [6.07, 6.45) is 9.98. The predicted molar refractivity (Wildman–Crippen MR) is 161 cm³/mol. The summed E-state index contributed by atoms with van der Waals surface area (Å²) in [6, 6.07) is 16.7. The lowest BCUT2D eigenvalue weighted by molar-refractivity contribution is 0.373. The molecule has 0 unspecified atom stereocenters. The van der Waals surface area contributed by atoms with Crippen molar-refractivity contribution in [3.63, 3.8) is 0 Å². The maximum atomic E-state index is 13.8. The number of nitrogens with zero attached hydrogens (tertiary/aromatic N) is 2. The van der Waals surface area contributed by atoms with Gasteiger partial charge in [-0.3, -0.25) is 0 Å². The lowest BCUT2D eigenvalue weighted by Gasteiger charge is -2.22. The molecule has 0 amide bonds. The molecule has 1 aliphatic carbocycles. The van der Waals surface area contributed by atoms with Crippen LogP contribution < -0.4 is 25.4 Å². The van der Waals surface area contributed by atoms with Crippen LogP contribution in [0.2, 0.25) is 5.15 Å². The van der Waals surface area contributed by atoms with Crippen LogP contribution in [0.5, 0.6) is 11.5 Å². The highest BCUT2D eigenvalue weighted by Gasteiger charge is 2.13. The third kappa shape index (κ3) is 9.21. The summed E-state index contributed by atoms with van der Waals surface area (Å²) in [4.78, 5) is 8.22. The van der Waals surface area contributed by atoms with Gasteiger partial charge in [0.05, 0.1) is 14.2 Å². The van der Waals surface area contributed by atoms with E-state index in [0.29, 0.717) is 16.5 Å². The summed E-state index contributed by atoms with van der Waals surface area (Å²) < 4.78 is 37.0. The zero-order chi connectivity index (χ0) is 29.0. The summed E-state index contributed by atoms with van der Waals surface area (Å²) in [6.45, 7) is 0.966. The molecule has 2 heterocycles. The van der Waals surface area contributed by atoms with Gasteiger partial charge in [0.2, 0.25) is 0 Å². The maximum Gasteiger partial charge on any atom is 0.167 e. The number of aromatic nitrogens is 2. The minimum atomic E-state index is -0.419. The average molecular weight is 582 g/mol. The van der Waals surface area contributed by atoms with Crippen LogP contribution in [0, 0.1) is 17.6 Å². The number of nitrogens with one attached hydrogen (secondary N) is 3. The second-order valence-corrected chi connectivity index (χ2v) is 10.0. The highest BCUT2D eigenvalue weighted by atomic mass is 35.5. The molecular formula is C31H34ClF2N5O2. The van der Waals surface area contributed by atoms with Gasteiger partial charge in [0, 0.05) is 59.9 Å².